The molecule has 0 aromatic heterocycles. The zero-order valence-electron chi connectivity index (χ0n) is 6.22. The molecule has 0 saturated heterocycles. The minimum atomic E-state index is -0.167. The van der Waals surface area contributed by atoms with E-state index in [4.69, 9.17) is 5.73 Å². The van der Waals surface area contributed by atoms with E-state index in [9.17, 15) is 4.79 Å². The minimum Gasteiger partial charge on any atom is -0.329 e. The highest BCUT2D eigenvalue weighted by Gasteiger charge is 2.35. The fourth-order valence-electron chi connectivity index (χ4n) is 1.30. The molecule has 0 aromatic carbocycles. The molecule has 1 saturated carbocycles. The van der Waals surface area contributed by atoms with Gasteiger partial charge in [-0.1, -0.05) is 6.92 Å². The first kappa shape index (κ1) is 9.92. The molecule has 2 nitrogen and oxygen atoms in total. The van der Waals surface area contributed by atoms with Gasteiger partial charge in [-0.3, -0.25) is 4.79 Å². The minimum absolute atomic E-state index is 0. The summed E-state index contributed by atoms with van der Waals surface area (Å²) in [6.45, 7) is 2.48. The number of carbonyl (C=O) groups excluding carboxylic acids is 1. The Morgan fingerprint density at radius 1 is 1.70 bits per heavy atom. The van der Waals surface area contributed by atoms with Crippen LogP contribution in [0.1, 0.15) is 26.2 Å². The number of carbonyl (C=O) groups is 1. The smallest absolute Gasteiger partial charge is 0.140 e. The zero-order chi connectivity index (χ0) is 6.91. The molecule has 1 aliphatic rings. The van der Waals surface area contributed by atoms with E-state index in [0.29, 0.717) is 12.3 Å². The maximum absolute atomic E-state index is 11.0. The predicted octanol–water partition coefficient (Wildman–Crippen LogP) is 1.13. The van der Waals surface area contributed by atoms with E-state index in [2.05, 4.69) is 0 Å². The Bertz CT molecular complexity index is 138. The van der Waals surface area contributed by atoms with Crippen LogP contribution in [0.3, 0.4) is 0 Å². The summed E-state index contributed by atoms with van der Waals surface area (Å²) in [5, 5.41) is 0. The third-order valence-corrected chi connectivity index (χ3v) is 2.26. The van der Waals surface area contributed by atoms with E-state index in [0.717, 1.165) is 19.3 Å². The summed E-state index contributed by atoms with van der Waals surface area (Å²) in [5.41, 5.74) is 5.27. The van der Waals surface area contributed by atoms with Crippen LogP contribution < -0.4 is 5.73 Å². The molecule has 0 spiro atoms. The van der Waals surface area contributed by atoms with Crippen LogP contribution in [0.2, 0.25) is 0 Å². The summed E-state index contributed by atoms with van der Waals surface area (Å²) >= 11 is 0. The molecule has 60 valence electrons. The van der Waals surface area contributed by atoms with Crippen molar-refractivity contribution in [3.05, 3.63) is 0 Å². The fourth-order valence-corrected chi connectivity index (χ4v) is 1.30. The molecule has 10 heavy (non-hydrogen) atoms. The maximum atomic E-state index is 11.0. The molecule has 0 amide bonds. The van der Waals surface area contributed by atoms with Crippen LogP contribution in [0, 0.1) is 5.41 Å². The Morgan fingerprint density at radius 2 is 2.30 bits per heavy atom. The summed E-state index contributed by atoms with van der Waals surface area (Å²) < 4.78 is 0. The predicted molar refractivity (Wildman–Crippen MR) is 43.3 cm³/mol. The van der Waals surface area contributed by atoms with Crippen molar-refractivity contribution in [1.82, 2.24) is 0 Å². The second kappa shape index (κ2) is 3.35. The number of halogens is 1. The van der Waals surface area contributed by atoms with Crippen molar-refractivity contribution in [2.24, 2.45) is 11.1 Å². The molecule has 0 bridgehead atoms. The Hall–Kier alpha value is -0.0800. The standard InChI is InChI=1S/C7H13NO.ClH/c1-7(5-8)4-2-3-6(7)9;/h2-5,8H2,1H3;1H. The van der Waals surface area contributed by atoms with Gasteiger partial charge in [-0.2, -0.15) is 0 Å². The monoisotopic (exact) mass is 163 g/mol. The molecule has 1 fully saturated rings. The highest BCUT2D eigenvalue weighted by molar-refractivity contribution is 5.86. The molecule has 2 N–H and O–H groups in total. The number of nitrogens with two attached hydrogens (primary N) is 1. The molecule has 1 aliphatic carbocycles. The highest BCUT2D eigenvalue weighted by Crippen LogP contribution is 2.32. The van der Waals surface area contributed by atoms with Gasteiger partial charge in [-0.25, -0.2) is 0 Å². The average Bonchev–Trinajstić information content (AvgIpc) is 2.15. The van der Waals surface area contributed by atoms with Crippen molar-refractivity contribution in [3.63, 3.8) is 0 Å². The van der Waals surface area contributed by atoms with E-state index < -0.39 is 0 Å². The lowest BCUT2D eigenvalue weighted by molar-refractivity contribution is -0.124. The van der Waals surface area contributed by atoms with Crippen LogP contribution >= 0.6 is 12.4 Å². The largest absolute Gasteiger partial charge is 0.329 e. The molecule has 0 aliphatic heterocycles. The van der Waals surface area contributed by atoms with Gasteiger partial charge in [0.15, 0.2) is 0 Å². The first-order valence-electron chi connectivity index (χ1n) is 3.42. The van der Waals surface area contributed by atoms with Gasteiger partial charge >= 0.3 is 0 Å². The van der Waals surface area contributed by atoms with Crippen molar-refractivity contribution in [3.8, 4) is 0 Å². The second-order valence-corrected chi connectivity index (χ2v) is 3.04. The second-order valence-electron chi connectivity index (χ2n) is 3.04. The highest BCUT2D eigenvalue weighted by atomic mass is 35.5. The molecule has 3 heteroatoms. The lowest BCUT2D eigenvalue weighted by Gasteiger charge is -2.17. The van der Waals surface area contributed by atoms with Crippen LogP contribution in [0.25, 0.3) is 0 Å². The lowest BCUT2D eigenvalue weighted by Crippen LogP contribution is -2.30. The molecular weight excluding hydrogens is 150 g/mol. The Kier molecular flexibility index (Phi) is 3.33. The van der Waals surface area contributed by atoms with Gasteiger partial charge in [0, 0.05) is 18.4 Å². The fraction of sp³-hybridized carbons (Fsp3) is 0.857. The van der Waals surface area contributed by atoms with E-state index in [-0.39, 0.29) is 17.8 Å². The van der Waals surface area contributed by atoms with Crippen molar-refractivity contribution >= 4 is 18.2 Å². The maximum Gasteiger partial charge on any atom is 0.140 e. The van der Waals surface area contributed by atoms with Gasteiger partial charge in [-0.05, 0) is 12.8 Å². The van der Waals surface area contributed by atoms with Crippen molar-refractivity contribution in [2.75, 3.05) is 6.54 Å². The van der Waals surface area contributed by atoms with Gasteiger partial charge in [0.1, 0.15) is 5.78 Å². The third kappa shape index (κ3) is 1.50. The zero-order valence-corrected chi connectivity index (χ0v) is 7.04. The number of hydrogen-bond donors (Lipinski definition) is 1. The molecule has 0 heterocycles. The van der Waals surface area contributed by atoms with Gasteiger partial charge in [0.05, 0.1) is 0 Å². The van der Waals surface area contributed by atoms with E-state index >= 15 is 0 Å². The van der Waals surface area contributed by atoms with Crippen LogP contribution in [0.15, 0.2) is 0 Å². The number of ketones is 1. The number of hydrogen-bond acceptors (Lipinski definition) is 2. The quantitative estimate of drug-likeness (QED) is 0.630. The van der Waals surface area contributed by atoms with Gasteiger partial charge in [0.25, 0.3) is 0 Å². The summed E-state index contributed by atoms with van der Waals surface area (Å²) in [6, 6.07) is 0. The third-order valence-electron chi connectivity index (χ3n) is 2.26. The molecule has 1 unspecified atom stereocenters. The van der Waals surface area contributed by atoms with Crippen molar-refractivity contribution in [2.45, 2.75) is 26.2 Å². The number of Topliss-reactive ketones (excluding diaryl/α,β-unsaturated/α-hetero) is 1. The molecule has 0 aromatic rings. The lowest BCUT2D eigenvalue weighted by atomic mass is 9.88. The van der Waals surface area contributed by atoms with Gasteiger partial charge in [0.2, 0.25) is 0 Å². The SMILES string of the molecule is CC1(CN)CCCC1=O.Cl. The van der Waals surface area contributed by atoms with Gasteiger partial charge < -0.3 is 5.73 Å². The van der Waals surface area contributed by atoms with Gasteiger partial charge in [-0.15, -0.1) is 12.4 Å². The first-order valence-corrected chi connectivity index (χ1v) is 3.42. The van der Waals surface area contributed by atoms with E-state index in [1.807, 2.05) is 6.92 Å². The molecular formula is C7H14ClNO. The van der Waals surface area contributed by atoms with Crippen LogP contribution in [0.5, 0.6) is 0 Å². The Balaban J connectivity index is 0.000000810. The normalized spacial score (nSPS) is 32.0. The molecule has 1 atom stereocenters. The Labute approximate surface area is 67.6 Å². The number of rotatable bonds is 1. The van der Waals surface area contributed by atoms with Crippen LogP contribution in [-0.2, 0) is 4.79 Å². The van der Waals surface area contributed by atoms with E-state index in [1.165, 1.54) is 0 Å². The topological polar surface area (TPSA) is 43.1 Å². The molecule has 1 rings (SSSR count). The summed E-state index contributed by atoms with van der Waals surface area (Å²) in [6.07, 6.45) is 2.77. The van der Waals surface area contributed by atoms with Crippen LogP contribution in [-0.4, -0.2) is 12.3 Å². The average molecular weight is 164 g/mol. The summed E-state index contributed by atoms with van der Waals surface area (Å²) in [4.78, 5) is 11.0. The summed E-state index contributed by atoms with van der Waals surface area (Å²) in [7, 11) is 0. The van der Waals surface area contributed by atoms with Crippen molar-refractivity contribution < 1.29 is 4.79 Å². The first-order chi connectivity index (χ1) is 4.19. The van der Waals surface area contributed by atoms with Crippen LogP contribution in [0.4, 0.5) is 0 Å². The summed E-state index contributed by atoms with van der Waals surface area (Å²) in [5.74, 6) is 0.352. The molecule has 0 radical (unpaired) electrons. The van der Waals surface area contributed by atoms with Crippen molar-refractivity contribution in [1.29, 1.82) is 0 Å². The van der Waals surface area contributed by atoms with E-state index in [1.54, 1.807) is 0 Å². The Morgan fingerprint density at radius 3 is 2.50 bits per heavy atom.